The van der Waals surface area contributed by atoms with E-state index in [2.05, 4.69) is 5.40 Å². The van der Waals surface area contributed by atoms with E-state index in [1.165, 1.54) is 7.11 Å². The first-order valence-electron chi connectivity index (χ1n) is 10.3. The van der Waals surface area contributed by atoms with Gasteiger partial charge in [0, 0.05) is 37.7 Å². The SMILES string of the molecule is [H]/N=C1/C(C(N)=O)=C(O)C[C@@H]2C[C@@H]3Cc4c(N(C)C)ccc(OC)c4C(=O)C3=C(O)[C@]12O. The van der Waals surface area contributed by atoms with E-state index in [0.29, 0.717) is 17.7 Å². The van der Waals surface area contributed by atoms with E-state index in [-0.39, 0.29) is 18.4 Å². The van der Waals surface area contributed by atoms with E-state index < -0.39 is 51.9 Å². The Balaban J connectivity index is 1.96. The van der Waals surface area contributed by atoms with Crippen LogP contribution in [0.4, 0.5) is 5.69 Å². The van der Waals surface area contributed by atoms with Crippen molar-refractivity contribution in [1.29, 1.82) is 5.40 Å². The number of carbonyl (C=O) groups is 2. The van der Waals surface area contributed by atoms with Gasteiger partial charge >= 0.3 is 0 Å². The molecule has 9 nitrogen and oxygen atoms in total. The Labute approximate surface area is 180 Å². The second-order valence-electron chi connectivity index (χ2n) is 8.47. The number of hydrogen-bond acceptors (Lipinski definition) is 8. The maximum atomic E-state index is 13.6. The van der Waals surface area contributed by atoms with E-state index in [0.717, 1.165) is 11.3 Å². The van der Waals surface area contributed by atoms with E-state index in [9.17, 15) is 24.9 Å². The largest absolute Gasteiger partial charge is 0.511 e. The Bertz CT molecular complexity index is 1140. The normalized spacial score (nSPS) is 29.2. The molecule has 0 bridgehead atoms. The van der Waals surface area contributed by atoms with Crippen LogP contribution in [0.15, 0.2) is 34.8 Å². The first-order valence-corrected chi connectivity index (χ1v) is 9.90. The van der Waals surface area contributed by atoms with Crippen LogP contribution in [-0.2, 0) is 11.2 Å². The van der Waals surface area contributed by atoms with Crippen LogP contribution in [0.5, 0.6) is 5.75 Å². The van der Waals surface area contributed by atoms with Gasteiger partial charge in [0.15, 0.2) is 12.8 Å². The number of benzene rings is 1. The van der Waals surface area contributed by atoms with Gasteiger partial charge in [-0.05, 0) is 36.5 Å². The first kappa shape index (κ1) is 19.6. The monoisotopic (exact) mass is 427 g/mol. The third kappa shape index (κ3) is 2.69. The number of fused-ring (bicyclic) bond motifs is 3. The molecule has 0 radical (unpaired) electrons. The summed E-state index contributed by atoms with van der Waals surface area (Å²) in [6.07, 6.45) is 0.472. The molecule has 0 spiro atoms. The molecule has 3 aliphatic rings. The summed E-state index contributed by atoms with van der Waals surface area (Å²) >= 11 is 0. The van der Waals surface area contributed by atoms with Gasteiger partial charge in [0.25, 0.3) is 5.91 Å². The van der Waals surface area contributed by atoms with E-state index in [1.54, 1.807) is 6.07 Å². The van der Waals surface area contributed by atoms with Crippen molar-refractivity contribution in [2.75, 3.05) is 26.1 Å². The van der Waals surface area contributed by atoms with Crippen LogP contribution in [0.3, 0.4) is 0 Å². The molecule has 1 amide bonds. The predicted octanol–water partition coefficient (Wildman–Crippen LogP) is 1.40. The number of carbonyl (C=O) groups excluding carboxylic acids is 2. The number of nitrogens with zero attached hydrogens (tertiary/aromatic N) is 1. The number of ketones is 1. The number of nitrogens with two attached hydrogens (primary N) is 1. The van der Waals surface area contributed by atoms with Gasteiger partial charge in [-0.2, -0.15) is 0 Å². The topological polar surface area (TPSA) is 157 Å². The molecule has 0 fully saturated rings. The lowest BCUT2D eigenvalue weighted by molar-refractivity contribution is -0.114. The quantitative estimate of drug-likeness (QED) is 0.488. The molecule has 3 aliphatic carbocycles. The van der Waals surface area contributed by atoms with Crippen LogP contribution in [0.2, 0.25) is 1.41 Å². The van der Waals surface area contributed by atoms with Crippen molar-refractivity contribution in [2.45, 2.75) is 24.9 Å². The van der Waals surface area contributed by atoms with Gasteiger partial charge in [-0.25, -0.2) is 0 Å². The third-order valence-electron chi connectivity index (χ3n) is 6.63. The number of amides is 1. The first-order chi connectivity index (χ1) is 15.1. The lowest BCUT2D eigenvalue weighted by atomic mass is 9.60. The molecule has 6 N–H and O–H groups in total. The number of Topliss-reactive ketones (excluding diaryl/α,β-unsaturated/α-hetero) is 1. The van der Waals surface area contributed by atoms with Crippen molar-refractivity contribution in [3.05, 3.63) is 45.9 Å². The van der Waals surface area contributed by atoms with Crippen LogP contribution >= 0.6 is 0 Å². The highest BCUT2D eigenvalue weighted by Crippen LogP contribution is 2.52. The Morgan fingerprint density at radius 3 is 2.65 bits per heavy atom. The molecule has 4 rings (SSSR count). The summed E-state index contributed by atoms with van der Waals surface area (Å²) in [4.78, 5) is 27.4. The van der Waals surface area contributed by atoms with Crippen LogP contribution < -0.4 is 15.4 Å². The molecule has 0 unspecified atom stereocenters. The van der Waals surface area contributed by atoms with E-state index in [4.69, 9.17) is 11.9 Å². The standard InChI is InChI=1S/C22H25N3O6/c1-25(2)12-4-5-14(31-3)16-11(12)7-9-6-10-8-13(26)17(21(24)29)19(23)22(10,30)20(28)15(9)18(16)27/h4-5,9-10,23,26,28,30H,6-8H2,1-3H3,(H2,24,29)/b23-19-/t9-,10+,22-/m1/s1. The van der Waals surface area contributed by atoms with Crippen molar-refractivity contribution < 1.29 is 31.1 Å². The number of allylic oxidation sites excluding steroid dienone is 2. The summed E-state index contributed by atoms with van der Waals surface area (Å²) in [7, 11) is 5.17. The number of hydrogen-bond donors (Lipinski definition) is 5. The van der Waals surface area contributed by atoms with Crippen molar-refractivity contribution in [2.24, 2.45) is 17.6 Å². The van der Waals surface area contributed by atoms with Crippen molar-refractivity contribution in [1.82, 2.24) is 0 Å². The van der Waals surface area contributed by atoms with Crippen molar-refractivity contribution in [3.8, 4) is 5.75 Å². The van der Waals surface area contributed by atoms with E-state index in [1.807, 2.05) is 25.1 Å². The Morgan fingerprint density at radius 2 is 2.06 bits per heavy atom. The molecule has 1 aromatic carbocycles. The zero-order valence-electron chi connectivity index (χ0n) is 18.5. The molecule has 0 aromatic heterocycles. The molecule has 1 aromatic rings. The van der Waals surface area contributed by atoms with Crippen LogP contribution in [-0.4, -0.2) is 59.5 Å². The number of methoxy groups -OCH3 is 1. The zero-order chi connectivity index (χ0) is 23.5. The maximum Gasteiger partial charge on any atom is 0.254 e. The molecule has 0 saturated heterocycles. The Morgan fingerprint density at radius 1 is 1.35 bits per heavy atom. The number of aliphatic hydroxyl groups excluding tert-OH is 2. The van der Waals surface area contributed by atoms with Crippen molar-refractivity contribution in [3.63, 3.8) is 0 Å². The fourth-order valence-electron chi connectivity index (χ4n) is 5.20. The van der Waals surface area contributed by atoms with Gasteiger partial charge in [0.05, 0.1) is 18.4 Å². The van der Waals surface area contributed by atoms with Gasteiger partial charge in [-0.1, -0.05) is 0 Å². The molecular formula is C22H25N3O6. The van der Waals surface area contributed by atoms with Gasteiger partial charge in [-0.15, -0.1) is 0 Å². The zero-order valence-corrected chi connectivity index (χ0v) is 17.5. The summed E-state index contributed by atoms with van der Waals surface area (Å²) in [6.45, 7) is 0. The number of aliphatic hydroxyl groups is 3. The molecule has 164 valence electrons. The highest BCUT2D eigenvalue weighted by atomic mass is 16.5. The lowest BCUT2D eigenvalue weighted by Gasteiger charge is -2.47. The summed E-state index contributed by atoms with van der Waals surface area (Å²) < 4.78 is 12.9. The summed E-state index contributed by atoms with van der Waals surface area (Å²) in [5.41, 5.74) is 3.88. The Hall–Kier alpha value is -3.33. The fourth-order valence-corrected chi connectivity index (χ4v) is 5.20. The molecule has 0 heterocycles. The number of primary amides is 1. The number of nitrogens with one attached hydrogen (secondary N) is 1. The van der Waals surface area contributed by atoms with E-state index >= 15 is 0 Å². The second-order valence-corrected chi connectivity index (χ2v) is 8.47. The minimum atomic E-state index is -2.29. The molecule has 0 aliphatic heterocycles. The van der Waals surface area contributed by atoms with Crippen LogP contribution in [0, 0.1) is 17.2 Å². The third-order valence-corrected chi connectivity index (χ3v) is 6.63. The predicted molar refractivity (Wildman–Crippen MR) is 113 cm³/mol. The lowest BCUT2D eigenvalue weighted by Crippen LogP contribution is -2.57. The van der Waals surface area contributed by atoms with Crippen molar-refractivity contribution >= 4 is 23.1 Å². The summed E-state index contributed by atoms with van der Waals surface area (Å²) in [5.74, 6) is -3.54. The molecule has 0 saturated carbocycles. The minimum absolute atomic E-state index is 0.00295. The number of anilines is 1. The second kappa shape index (κ2) is 6.84. The molecule has 31 heavy (non-hydrogen) atoms. The molecule has 3 atom stereocenters. The highest BCUT2D eigenvalue weighted by Gasteiger charge is 2.57. The van der Waals surface area contributed by atoms with Gasteiger partial charge in [0.1, 0.15) is 22.8 Å². The number of rotatable bonds is 3. The summed E-state index contributed by atoms with van der Waals surface area (Å²) in [5, 5.41) is 36.4. The molecular weight excluding hydrogens is 402 g/mol. The van der Waals surface area contributed by atoms with Gasteiger partial charge in [-0.3, -0.25) is 9.59 Å². The van der Waals surface area contributed by atoms with Crippen LogP contribution in [0.25, 0.3) is 0 Å². The van der Waals surface area contributed by atoms with Gasteiger partial charge in [0.2, 0.25) is 0 Å². The smallest absolute Gasteiger partial charge is 0.254 e. The molecule has 9 heteroatoms. The highest BCUT2D eigenvalue weighted by molar-refractivity contribution is 6.25. The average Bonchev–Trinajstić information content (AvgIpc) is 2.73. The van der Waals surface area contributed by atoms with Gasteiger partial charge < -0.3 is 36.1 Å². The summed E-state index contributed by atoms with van der Waals surface area (Å²) in [6, 6.07) is 3.53. The van der Waals surface area contributed by atoms with Crippen LogP contribution in [0.1, 0.15) is 28.8 Å². The average molecular weight is 427 g/mol. The Kier molecular flexibility index (Phi) is 4.33. The number of ether oxygens (including phenoxy) is 1. The fraction of sp³-hybridized carbons (Fsp3) is 0.409. The minimum Gasteiger partial charge on any atom is -0.511 e. The maximum absolute atomic E-state index is 13.6.